The summed E-state index contributed by atoms with van der Waals surface area (Å²) >= 11 is 12.6. The van der Waals surface area contributed by atoms with Crippen molar-refractivity contribution in [1.82, 2.24) is 4.98 Å². The van der Waals surface area contributed by atoms with Gasteiger partial charge in [-0.3, -0.25) is 0 Å². The second kappa shape index (κ2) is 2.83. The average Bonchev–Trinajstić information content (AvgIpc) is 2.39. The van der Waals surface area contributed by atoms with Gasteiger partial charge in [0.25, 0.3) is 0 Å². The van der Waals surface area contributed by atoms with Crippen LogP contribution in [0.3, 0.4) is 0 Å². The minimum absolute atomic E-state index is 0.784. The van der Waals surface area contributed by atoms with Gasteiger partial charge in [0, 0.05) is 5.02 Å². The highest BCUT2D eigenvalue weighted by molar-refractivity contribution is 7.73. The van der Waals surface area contributed by atoms with Crippen molar-refractivity contribution in [3.05, 3.63) is 26.7 Å². The standard InChI is InChI=1S/C8H6ClNS2/c1-4-5(9)2-3-6-7(4)10-8(11)12-6/h2-3H,1H3,(H,10,11). The minimum atomic E-state index is 0.784. The fourth-order valence-corrected chi connectivity index (χ4v) is 2.45. The second-order valence-electron chi connectivity index (χ2n) is 2.56. The van der Waals surface area contributed by atoms with Crippen molar-refractivity contribution in [2.24, 2.45) is 0 Å². The molecule has 2 aromatic rings. The minimum Gasteiger partial charge on any atom is -0.337 e. The summed E-state index contributed by atoms with van der Waals surface area (Å²) in [6.07, 6.45) is 0. The maximum Gasteiger partial charge on any atom is 0.159 e. The topological polar surface area (TPSA) is 15.8 Å². The number of halogens is 1. The Morgan fingerprint density at radius 1 is 1.50 bits per heavy atom. The lowest BCUT2D eigenvalue weighted by molar-refractivity contribution is 1.41. The highest BCUT2D eigenvalue weighted by Gasteiger charge is 2.02. The summed E-state index contributed by atoms with van der Waals surface area (Å²) < 4.78 is 1.97. The number of rotatable bonds is 0. The van der Waals surface area contributed by atoms with Gasteiger partial charge in [0.05, 0.1) is 10.2 Å². The molecule has 0 saturated heterocycles. The molecule has 0 spiro atoms. The van der Waals surface area contributed by atoms with Gasteiger partial charge in [-0.15, -0.1) is 11.3 Å². The Morgan fingerprint density at radius 3 is 3.00 bits per heavy atom. The molecule has 62 valence electrons. The first-order valence-electron chi connectivity index (χ1n) is 3.46. The van der Waals surface area contributed by atoms with E-state index < -0.39 is 0 Å². The lowest BCUT2D eigenvalue weighted by atomic mass is 10.2. The molecule has 12 heavy (non-hydrogen) atoms. The summed E-state index contributed by atoms with van der Waals surface area (Å²) in [5.41, 5.74) is 2.14. The number of aromatic nitrogens is 1. The molecular weight excluding hydrogens is 210 g/mol. The van der Waals surface area contributed by atoms with Gasteiger partial charge in [0.15, 0.2) is 3.95 Å². The van der Waals surface area contributed by atoms with E-state index in [0.29, 0.717) is 0 Å². The van der Waals surface area contributed by atoms with Crippen LogP contribution in [-0.4, -0.2) is 4.98 Å². The fraction of sp³-hybridized carbons (Fsp3) is 0.125. The van der Waals surface area contributed by atoms with Crippen LogP contribution in [0.2, 0.25) is 5.02 Å². The molecule has 0 bridgehead atoms. The lowest BCUT2D eigenvalue weighted by Crippen LogP contribution is -1.76. The average molecular weight is 216 g/mol. The summed E-state index contributed by atoms with van der Waals surface area (Å²) in [4.78, 5) is 3.12. The summed E-state index contributed by atoms with van der Waals surface area (Å²) in [7, 11) is 0. The first kappa shape index (κ1) is 8.23. The Bertz CT molecular complexity index is 483. The molecule has 0 amide bonds. The number of benzene rings is 1. The zero-order valence-electron chi connectivity index (χ0n) is 6.35. The molecule has 0 atom stereocenters. The van der Waals surface area contributed by atoms with Gasteiger partial charge < -0.3 is 4.98 Å². The van der Waals surface area contributed by atoms with Crippen LogP contribution < -0.4 is 0 Å². The van der Waals surface area contributed by atoms with E-state index >= 15 is 0 Å². The van der Waals surface area contributed by atoms with E-state index in [9.17, 15) is 0 Å². The summed E-state index contributed by atoms with van der Waals surface area (Å²) in [5, 5.41) is 0.784. The monoisotopic (exact) mass is 215 g/mol. The third-order valence-corrected chi connectivity index (χ3v) is 3.40. The van der Waals surface area contributed by atoms with Crippen LogP contribution in [0, 0.1) is 10.9 Å². The Hall–Kier alpha value is -0.380. The third-order valence-electron chi connectivity index (χ3n) is 1.79. The molecule has 1 N–H and O–H groups in total. The van der Waals surface area contributed by atoms with Gasteiger partial charge in [0.2, 0.25) is 0 Å². The van der Waals surface area contributed by atoms with E-state index in [1.54, 1.807) is 11.3 Å². The highest BCUT2D eigenvalue weighted by atomic mass is 35.5. The molecule has 1 aromatic heterocycles. The second-order valence-corrected chi connectivity index (χ2v) is 4.69. The number of nitrogens with one attached hydrogen (secondary N) is 1. The van der Waals surface area contributed by atoms with E-state index in [-0.39, 0.29) is 0 Å². The number of fused-ring (bicyclic) bond motifs is 1. The van der Waals surface area contributed by atoms with Crippen molar-refractivity contribution < 1.29 is 0 Å². The summed E-state index contributed by atoms with van der Waals surface area (Å²) in [6.45, 7) is 1.99. The van der Waals surface area contributed by atoms with Crippen molar-refractivity contribution in [1.29, 1.82) is 0 Å². The summed E-state index contributed by atoms with van der Waals surface area (Å²) in [6, 6.07) is 3.89. The Labute approximate surface area is 84.0 Å². The summed E-state index contributed by atoms with van der Waals surface area (Å²) in [5.74, 6) is 0. The van der Waals surface area contributed by atoms with Gasteiger partial charge in [-0.1, -0.05) is 11.6 Å². The molecule has 0 aliphatic heterocycles. The molecule has 0 radical (unpaired) electrons. The highest BCUT2D eigenvalue weighted by Crippen LogP contribution is 2.27. The first-order chi connectivity index (χ1) is 5.68. The molecule has 2 rings (SSSR count). The van der Waals surface area contributed by atoms with E-state index in [4.69, 9.17) is 23.8 Å². The van der Waals surface area contributed by atoms with Gasteiger partial charge in [-0.05, 0) is 36.8 Å². The molecule has 0 aliphatic carbocycles. The molecule has 0 saturated carbocycles. The number of hydrogen-bond donors (Lipinski definition) is 1. The zero-order chi connectivity index (χ0) is 8.72. The van der Waals surface area contributed by atoms with Crippen LogP contribution in [0.1, 0.15) is 5.56 Å². The van der Waals surface area contributed by atoms with Crippen LogP contribution in [0.25, 0.3) is 10.2 Å². The van der Waals surface area contributed by atoms with Gasteiger partial charge in [0.1, 0.15) is 0 Å². The van der Waals surface area contributed by atoms with Gasteiger partial charge in [-0.25, -0.2) is 0 Å². The number of hydrogen-bond acceptors (Lipinski definition) is 2. The predicted octanol–water partition coefficient (Wildman–Crippen LogP) is 3.92. The van der Waals surface area contributed by atoms with Crippen molar-refractivity contribution in [2.45, 2.75) is 6.92 Å². The zero-order valence-corrected chi connectivity index (χ0v) is 8.74. The van der Waals surface area contributed by atoms with E-state index in [1.165, 1.54) is 4.70 Å². The van der Waals surface area contributed by atoms with Crippen molar-refractivity contribution in [3.63, 3.8) is 0 Å². The van der Waals surface area contributed by atoms with Crippen LogP contribution in [-0.2, 0) is 0 Å². The molecule has 1 heterocycles. The maximum atomic E-state index is 5.95. The lowest BCUT2D eigenvalue weighted by Gasteiger charge is -1.96. The van der Waals surface area contributed by atoms with E-state index in [2.05, 4.69) is 4.98 Å². The number of H-pyrrole nitrogens is 1. The van der Waals surface area contributed by atoms with Crippen molar-refractivity contribution in [2.75, 3.05) is 0 Å². The number of thiazole rings is 1. The number of aromatic amines is 1. The fourth-order valence-electron chi connectivity index (χ4n) is 1.13. The van der Waals surface area contributed by atoms with Gasteiger partial charge >= 0.3 is 0 Å². The van der Waals surface area contributed by atoms with Crippen molar-refractivity contribution in [3.8, 4) is 0 Å². The van der Waals surface area contributed by atoms with Gasteiger partial charge in [-0.2, -0.15) is 0 Å². The first-order valence-corrected chi connectivity index (χ1v) is 5.06. The Kier molecular flexibility index (Phi) is 1.94. The predicted molar refractivity (Wildman–Crippen MR) is 56.8 cm³/mol. The van der Waals surface area contributed by atoms with Crippen LogP contribution in [0.4, 0.5) is 0 Å². The molecule has 0 unspecified atom stereocenters. The molecule has 0 fully saturated rings. The SMILES string of the molecule is Cc1c(Cl)ccc2sc(=S)[nH]c12. The largest absolute Gasteiger partial charge is 0.337 e. The van der Waals surface area contributed by atoms with Crippen LogP contribution >= 0.6 is 35.2 Å². The maximum absolute atomic E-state index is 5.95. The molecule has 0 aliphatic rings. The Balaban J connectivity index is 2.99. The molecule has 1 nitrogen and oxygen atoms in total. The quantitative estimate of drug-likeness (QED) is 0.659. The third kappa shape index (κ3) is 1.18. The van der Waals surface area contributed by atoms with E-state index in [0.717, 1.165) is 20.1 Å². The van der Waals surface area contributed by atoms with Crippen LogP contribution in [0.15, 0.2) is 12.1 Å². The van der Waals surface area contributed by atoms with Crippen LogP contribution in [0.5, 0.6) is 0 Å². The molecule has 1 aromatic carbocycles. The molecular formula is C8H6ClNS2. The Morgan fingerprint density at radius 2 is 2.25 bits per heavy atom. The van der Waals surface area contributed by atoms with Crippen molar-refractivity contribution >= 4 is 45.4 Å². The molecule has 4 heteroatoms. The smallest absolute Gasteiger partial charge is 0.159 e. The van der Waals surface area contributed by atoms with E-state index in [1.807, 2.05) is 19.1 Å². The normalized spacial score (nSPS) is 10.8. The number of aryl methyl sites for hydroxylation is 1.